The molecule has 4 heteroatoms. The number of hydrogen-bond acceptors (Lipinski definition) is 2. The van der Waals surface area contributed by atoms with Gasteiger partial charge in [-0.15, -0.1) is 11.3 Å². The Bertz CT molecular complexity index is 770. The van der Waals surface area contributed by atoms with Crippen LogP contribution in [-0.4, -0.2) is 9.38 Å². The number of fused-ring (bicyclic) bond motifs is 3. The molecule has 0 radical (unpaired) electrons. The van der Waals surface area contributed by atoms with Crippen LogP contribution < -0.4 is 0 Å². The molecule has 1 aliphatic rings. The third kappa shape index (κ3) is 1.97. The van der Waals surface area contributed by atoms with Gasteiger partial charge in [0.25, 0.3) is 0 Å². The number of nitrogens with zero attached hydrogens (tertiary/aromatic N) is 2. The van der Waals surface area contributed by atoms with Crippen molar-refractivity contribution in [1.82, 2.24) is 9.38 Å². The summed E-state index contributed by atoms with van der Waals surface area (Å²) in [6.07, 6.45) is 5.84. The fourth-order valence-corrected chi connectivity index (χ4v) is 4.35. The van der Waals surface area contributed by atoms with Gasteiger partial charge in [0, 0.05) is 27.4 Å². The molecule has 4 rings (SSSR count). The SMILES string of the molecule is C[C@@H]1CCc2c(sc3nc(-c4ccc(Cl)cc4)cn23)C1. The number of benzene rings is 1. The van der Waals surface area contributed by atoms with Gasteiger partial charge in [-0.25, -0.2) is 4.98 Å². The number of halogens is 1. The average Bonchev–Trinajstić information content (AvgIpc) is 2.96. The maximum atomic E-state index is 5.94. The summed E-state index contributed by atoms with van der Waals surface area (Å²) in [7, 11) is 0. The first-order valence-electron chi connectivity index (χ1n) is 6.96. The fourth-order valence-electron chi connectivity index (χ4n) is 2.91. The van der Waals surface area contributed by atoms with E-state index in [2.05, 4.69) is 17.5 Å². The van der Waals surface area contributed by atoms with Crippen molar-refractivity contribution in [3.05, 3.63) is 46.1 Å². The van der Waals surface area contributed by atoms with Crippen molar-refractivity contribution in [3.8, 4) is 11.3 Å². The second-order valence-corrected chi connectivity index (χ2v) is 7.10. The molecule has 0 saturated heterocycles. The van der Waals surface area contributed by atoms with Gasteiger partial charge in [-0.05, 0) is 37.3 Å². The first kappa shape index (κ1) is 12.4. The Balaban J connectivity index is 1.80. The Morgan fingerprint density at radius 2 is 2.10 bits per heavy atom. The van der Waals surface area contributed by atoms with E-state index in [-0.39, 0.29) is 0 Å². The van der Waals surface area contributed by atoms with Crippen LogP contribution in [0.5, 0.6) is 0 Å². The topological polar surface area (TPSA) is 17.3 Å². The normalized spacial score (nSPS) is 18.4. The van der Waals surface area contributed by atoms with Gasteiger partial charge in [-0.3, -0.25) is 4.40 Å². The van der Waals surface area contributed by atoms with Gasteiger partial charge < -0.3 is 0 Å². The highest BCUT2D eigenvalue weighted by atomic mass is 35.5. The lowest BCUT2D eigenvalue weighted by molar-refractivity contribution is 0.499. The quantitative estimate of drug-likeness (QED) is 0.628. The van der Waals surface area contributed by atoms with Crippen molar-refractivity contribution in [1.29, 1.82) is 0 Å². The lowest BCUT2D eigenvalue weighted by atomic mass is 9.93. The number of hydrogen-bond donors (Lipinski definition) is 0. The highest BCUT2D eigenvalue weighted by molar-refractivity contribution is 7.17. The van der Waals surface area contributed by atoms with Crippen molar-refractivity contribution in [2.75, 3.05) is 0 Å². The summed E-state index contributed by atoms with van der Waals surface area (Å²) in [5.41, 5.74) is 3.63. The molecule has 2 nitrogen and oxygen atoms in total. The number of aryl methyl sites for hydroxylation is 1. The molecule has 0 aliphatic heterocycles. The minimum absolute atomic E-state index is 0.765. The molecule has 0 saturated carbocycles. The molecule has 0 N–H and O–H groups in total. The lowest BCUT2D eigenvalue weighted by Crippen LogP contribution is -2.10. The highest BCUT2D eigenvalue weighted by Gasteiger charge is 2.21. The maximum absolute atomic E-state index is 5.94. The van der Waals surface area contributed by atoms with Crippen LogP contribution >= 0.6 is 22.9 Å². The average molecular weight is 303 g/mol. The molecule has 1 aromatic carbocycles. The molecule has 3 aromatic rings. The summed E-state index contributed by atoms with van der Waals surface area (Å²) < 4.78 is 2.29. The van der Waals surface area contributed by atoms with Gasteiger partial charge in [0.2, 0.25) is 0 Å². The van der Waals surface area contributed by atoms with E-state index >= 15 is 0 Å². The molecule has 0 bridgehead atoms. The molecule has 20 heavy (non-hydrogen) atoms. The molecule has 0 fully saturated rings. The number of aromatic nitrogens is 2. The summed E-state index contributed by atoms with van der Waals surface area (Å²) in [4.78, 5) is 7.42. The Hall–Kier alpha value is -1.32. The third-order valence-electron chi connectivity index (χ3n) is 4.05. The van der Waals surface area contributed by atoms with E-state index in [1.54, 1.807) is 0 Å². The molecule has 2 aromatic heterocycles. The molecular weight excluding hydrogens is 288 g/mol. The van der Waals surface area contributed by atoms with Crippen LogP contribution in [0.4, 0.5) is 0 Å². The minimum atomic E-state index is 0.765. The van der Waals surface area contributed by atoms with E-state index in [1.807, 2.05) is 35.6 Å². The fraction of sp³-hybridized carbons (Fsp3) is 0.312. The summed E-state index contributed by atoms with van der Waals surface area (Å²) in [6.45, 7) is 2.34. The van der Waals surface area contributed by atoms with E-state index in [1.165, 1.54) is 29.8 Å². The van der Waals surface area contributed by atoms with Crippen LogP contribution in [0, 0.1) is 5.92 Å². The number of imidazole rings is 1. The van der Waals surface area contributed by atoms with Crippen LogP contribution in [0.3, 0.4) is 0 Å². The van der Waals surface area contributed by atoms with Crippen molar-refractivity contribution >= 4 is 27.9 Å². The van der Waals surface area contributed by atoms with Gasteiger partial charge >= 0.3 is 0 Å². The van der Waals surface area contributed by atoms with Gasteiger partial charge in [-0.2, -0.15) is 0 Å². The van der Waals surface area contributed by atoms with Crippen LogP contribution in [0.15, 0.2) is 30.5 Å². The Labute approximate surface area is 127 Å². The van der Waals surface area contributed by atoms with Crippen LogP contribution in [0.1, 0.15) is 23.9 Å². The highest BCUT2D eigenvalue weighted by Crippen LogP contribution is 2.34. The zero-order chi connectivity index (χ0) is 13.7. The summed E-state index contributed by atoms with van der Waals surface area (Å²) in [5, 5.41) is 0.765. The van der Waals surface area contributed by atoms with E-state index in [4.69, 9.17) is 16.6 Å². The van der Waals surface area contributed by atoms with E-state index in [0.717, 1.165) is 27.2 Å². The molecule has 1 atom stereocenters. The molecule has 0 spiro atoms. The summed E-state index contributed by atoms with van der Waals surface area (Å²) in [5.74, 6) is 0.807. The van der Waals surface area contributed by atoms with Crippen molar-refractivity contribution < 1.29 is 0 Å². The van der Waals surface area contributed by atoms with Crippen molar-refractivity contribution in [2.45, 2.75) is 26.2 Å². The molecule has 0 unspecified atom stereocenters. The van der Waals surface area contributed by atoms with E-state index in [9.17, 15) is 0 Å². The van der Waals surface area contributed by atoms with Crippen LogP contribution in [-0.2, 0) is 12.8 Å². The zero-order valence-corrected chi connectivity index (χ0v) is 12.8. The summed E-state index contributed by atoms with van der Waals surface area (Å²) >= 11 is 7.79. The molecule has 102 valence electrons. The maximum Gasteiger partial charge on any atom is 0.194 e. The second-order valence-electron chi connectivity index (χ2n) is 5.61. The van der Waals surface area contributed by atoms with E-state index < -0.39 is 0 Å². The standard InChI is InChI=1S/C16H15ClN2S/c1-10-2-7-14-15(8-10)20-16-18-13(9-19(14)16)11-3-5-12(17)6-4-11/h3-6,9-10H,2,7-8H2,1H3/t10-/m1/s1. The largest absolute Gasteiger partial charge is 0.294 e. The van der Waals surface area contributed by atoms with Crippen LogP contribution in [0.2, 0.25) is 5.02 Å². The first-order chi connectivity index (χ1) is 9.70. The monoisotopic (exact) mass is 302 g/mol. The Morgan fingerprint density at radius 1 is 1.30 bits per heavy atom. The Kier molecular flexibility index (Phi) is 2.86. The lowest BCUT2D eigenvalue weighted by Gasteiger charge is -2.17. The second kappa shape index (κ2) is 4.61. The van der Waals surface area contributed by atoms with Gasteiger partial charge in [0.05, 0.1) is 5.69 Å². The molecule has 2 heterocycles. The predicted molar refractivity (Wildman–Crippen MR) is 84.7 cm³/mol. The predicted octanol–water partition coefficient (Wildman–Crippen LogP) is 4.84. The van der Waals surface area contributed by atoms with Gasteiger partial charge in [-0.1, -0.05) is 30.7 Å². The van der Waals surface area contributed by atoms with E-state index in [0.29, 0.717) is 0 Å². The third-order valence-corrected chi connectivity index (χ3v) is 5.42. The minimum Gasteiger partial charge on any atom is -0.294 e. The zero-order valence-electron chi connectivity index (χ0n) is 11.3. The van der Waals surface area contributed by atoms with Crippen LogP contribution in [0.25, 0.3) is 16.2 Å². The number of thiazole rings is 1. The smallest absolute Gasteiger partial charge is 0.194 e. The number of rotatable bonds is 1. The summed E-state index contributed by atoms with van der Waals surface area (Å²) in [6, 6.07) is 7.90. The van der Waals surface area contributed by atoms with Crippen molar-refractivity contribution in [2.24, 2.45) is 5.92 Å². The van der Waals surface area contributed by atoms with Gasteiger partial charge in [0.1, 0.15) is 0 Å². The Morgan fingerprint density at radius 3 is 2.90 bits per heavy atom. The van der Waals surface area contributed by atoms with Crippen molar-refractivity contribution in [3.63, 3.8) is 0 Å². The van der Waals surface area contributed by atoms with Gasteiger partial charge in [0.15, 0.2) is 4.96 Å². The first-order valence-corrected chi connectivity index (χ1v) is 8.16. The molecule has 0 amide bonds. The molecule has 1 aliphatic carbocycles. The molecular formula is C16H15ClN2S.